The molecule has 0 amide bonds. The van der Waals surface area contributed by atoms with Crippen molar-refractivity contribution in [1.29, 1.82) is 4.78 Å². The average molecular weight is 135 g/mol. The molecule has 0 aromatic rings. The number of unbranched alkanes of at least 4 members (excludes halogenated alkanes) is 1. The Kier molecular flexibility index (Phi) is 3.05. The van der Waals surface area contributed by atoms with Crippen molar-refractivity contribution in [1.82, 2.24) is 0 Å². The Morgan fingerprint density at radius 3 is 2.25 bits per heavy atom. The molecule has 1 N–H and O–H groups in total. The quantitative estimate of drug-likeness (QED) is 0.625. The van der Waals surface area contributed by atoms with Crippen molar-refractivity contribution in [3.8, 4) is 0 Å². The van der Waals surface area contributed by atoms with E-state index < -0.39 is 9.73 Å². The molecule has 0 saturated heterocycles. The fourth-order valence-corrected chi connectivity index (χ4v) is 1.26. The third-order valence-electron chi connectivity index (χ3n) is 0.887. The van der Waals surface area contributed by atoms with Crippen LogP contribution in [0, 0.1) is 4.78 Å². The molecular weight excluding hydrogens is 122 g/mol. The third kappa shape index (κ3) is 5.95. The molecular formula is C5H13NOS. The minimum absolute atomic E-state index is 0.559. The molecule has 1 atom stereocenters. The van der Waals surface area contributed by atoms with Crippen LogP contribution in [0.3, 0.4) is 0 Å². The molecule has 0 aromatic heterocycles. The zero-order chi connectivity index (χ0) is 6.62. The lowest BCUT2D eigenvalue weighted by Crippen LogP contribution is -1.99. The van der Waals surface area contributed by atoms with Gasteiger partial charge in [0, 0.05) is 21.7 Å². The van der Waals surface area contributed by atoms with Crippen LogP contribution in [-0.4, -0.2) is 16.2 Å². The molecule has 2 nitrogen and oxygen atoms in total. The van der Waals surface area contributed by atoms with Crippen molar-refractivity contribution in [2.45, 2.75) is 19.8 Å². The molecule has 0 aromatic carbocycles. The van der Waals surface area contributed by atoms with Crippen molar-refractivity contribution in [2.24, 2.45) is 0 Å². The smallest absolute Gasteiger partial charge is 0.0412 e. The topological polar surface area (TPSA) is 40.9 Å². The van der Waals surface area contributed by atoms with Gasteiger partial charge in [-0.2, -0.15) is 0 Å². The summed E-state index contributed by atoms with van der Waals surface area (Å²) in [7, 11) is -2.19. The summed E-state index contributed by atoms with van der Waals surface area (Å²) in [6.07, 6.45) is 3.44. The van der Waals surface area contributed by atoms with Gasteiger partial charge in [-0.1, -0.05) is 13.3 Å². The van der Waals surface area contributed by atoms with E-state index in [1.165, 1.54) is 6.26 Å². The van der Waals surface area contributed by atoms with Gasteiger partial charge in [0.1, 0.15) is 0 Å². The van der Waals surface area contributed by atoms with Gasteiger partial charge < -0.3 is 0 Å². The molecule has 0 radical (unpaired) electrons. The highest BCUT2D eigenvalue weighted by Gasteiger charge is 1.93. The first-order valence-corrected chi connectivity index (χ1v) is 4.91. The first-order valence-electron chi connectivity index (χ1n) is 2.77. The fraction of sp³-hybridized carbons (Fsp3) is 1.00. The summed E-state index contributed by atoms with van der Waals surface area (Å²) in [6.45, 7) is 2.03. The van der Waals surface area contributed by atoms with Crippen molar-refractivity contribution in [2.75, 3.05) is 12.0 Å². The summed E-state index contributed by atoms with van der Waals surface area (Å²) in [4.78, 5) is 0. The van der Waals surface area contributed by atoms with E-state index in [-0.39, 0.29) is 0 Å². The van der Waals surface area contributed by atoms with E-state index >= 15 is 0 Å². The van der Waals surface area contributed by atoms with Gasteiger partial charge in [0.2, 0.25) is 0 Å². The zero-order valence-corrected chi connectivity index (χ0v) is 6.25. The molecule has 0 fully saturated rings. The SMILES string of the molecule is CCCCS(C)(=N)=O. The molecule has 0 spiro atoms. The van der Waals surface area contributed by atoms with E-state index in [0.717, 1.165) is 12.8 Å². The van der Waals surface area contributed by atoms with Crippen LogP contribution in [0.15, 0.2) is 0 Å². The van der Waals surface area contributed by atoms with Crippen LogP contribution in [0.2, 0.25) is 0 Å². The molecule has 1 unspecified atom stereocenters. The average Bonchev–Trinajstić information content (AvgIpc) is 1.59. The predicted molar refractivity (Wildman–Crippen MR) is 36.6 cm³/mol. The lowest BCUT2D eigenvalue weighted by atomic mass is 10.4. The molecule has 0 aliphatic rings. The van der Waals surface area contributed by atoms with Crippen molar-refractivity contribution >= 4 is 9.73 Å². The van der Waals surface area contributed by atoms with Crippen molar-refractivity contribution in [3.05, 3.63) is 0 Å². The molecule has 50 valence electrons. The van der Waals surface area contributed by atoms with Gasteiger partial charge in [0.25, 0.3) is 0 Å². The zero-order valence-electron chi connectivity index (χ0n) is 5.44. The van der Waals surface area contributed by atoms with Gasteiger partial charge in [-0.3, -0.25) is 8.99 Å². The minimum atomic E-state index is -2.19. The Hall–Kier alpha value is -0.0500. The van der Waals surface area contributed by atoms with Gasteiger partial charge in [0.05, 0.1) is 0 Å². The van der Waals surface area contributed by atoms with Crippen LogP contribution in [0.4, 0.5) is 0 Å². The van der Waals surface area contributed by atoms with E-state index in [9.17, 15) is 4.21 Å². The third-order valence-corrected chi connectivity index (χ3v) is 1.96. The molecule has 0 aliphatic carbocycles. The Bertz CT molecular complexity index is 137. The highest BCUT2D eigenvalue weighted by atomic mass is 32.2. The van der Waals surface area contributed by atoms with E-state index in [1.807, 2.05) is 6.92 Å². The summed E-state index contributed by atoms with van der Waals surface area (Å²) in [5, 5.41) is 0. The molecule has 0 saturated carbocycles. The van der Waals surface area contributed by atoms with E-state index in [1.54, 1.807) is 0 Å². The number of nitrogens with one attached hydrogen (secondary N) is 1. The van der Waals surface area contributed by atoms with Crippen LogP contribution in [-0.2, 0) is 9.73 Å². The first kappa shape index (κ1) is 7.95. The Labute approximate surface area is 51.3 Å². The van der Waals surface area contributed by atoms with Crippen molar-refractivity contribution in [3.63, 3.8) is 0 Å². The van der Waals surface area contributed by atoms with E-state index in [4.69, 9.17) is 4.78 Å². The largest absolute Gasteiger partial charge is 0.253 e. The van der Waals surface area contributed by atoms with Crippen LogP contribution in [0.1, 0.15) is 19.8 Å². The maximum Gasteiger partial charge on any atom is 0.0412 e. The highest BCUT2D eigenvalue weighted by molar-refractivity contribution is 7.91. The fourth-order valence-electron chi connectivity index (χ4n) is 0.420. The van der Waals surface area contributed by atoms with Crippen LogP contribution < -0.4 is 0 Å². The molecule has 0 heterocycles. The second-order valence-corrected chi connectivity index (χ2v) is 4.48. The van der Waals surface area contributed by atoms with Gasteiger partial charge in [-0.25, -0.2) is 0 Å². The van der Waals surface area contributed by atoms with E-state index in [0.29, 0.717) is 5.75 Å². The summed E-state index contributed by atoms with van der Waals surface area (Å²) in [5.41, 5.74) is 0. The maximum atomic E-state index is 10.6. The van der Waals surface area contributed by atoms with Crippen LogP contribution in [0.5, 0.6) is 0 Å². The summed E-state index contributed by atoms with van der Waals surface area (Å²) < 4.78 is 17.6. The number of hydrogen-bond donors (Lipinski definition) is 1. The molecule has 8 heavy (non-hydrogen) atoms. The maximum absolute atomic E-state index is 10.6. The molecule has 0 aliphatic heterocycles. The lowest BCUT2D eigenvalue weighted by Gasteiger charge is -1.95. The Morgan fingerprint density at radius 1 is 1.62 bits per heavy atom. The number of hydrogen-bond acceptors (Lipinski definition) is 2. The predicted octanol–water partition coefficient (Wildman–Crippen LogP) is 1.46. The first-order chi connectivity index (χ1) is 3.56. The lowest BCUT2D eigenvalue weighted by molar-refractivity contribution is 0.675. The second-order valence-electron chi connectivity index (χ2n) is 2.06. The van der Waals surface area contributed by atoms with Gasteiger partial charge in [-0.05, 0) is 6.42 Å². The monoisotopic (exact) mass is 135 g/mol. The summed E-state index contributed by atoms with van der Waals surface area (Å²) in [5.74, 6) is 0.559. The van der Waals surface area contributed by atoms with Gasteiger partial charge in [0.15, 0.2) is 0 Å². The highest BCUT2D eigenvalue weighted by Crippen LogP contribution is 1.92. The van der Waals surface area contributed by atoms with Crippen LogP contribution >= 0.6 is 0 Å². The van der Waals surface area contributed by atoms with Gasteiger partial charge in [-0.15, -0.1) is 0 Å². The molecule has 0 rings (SSSR count). The molecule has 0 bridgehead atoms. The summed E-state index contributed by atoms with van der Waals surface area (Å²) in [6, 6.07) is 0. The number of rotatable bonds is 3. The second kappa shape index (κ2) is 3.07. The molecule has 3 heteroatoms. The van der Waals surface area contributed by atoms with E-state index in [2.05, 4.69) is 0 Å². The minimum Gasteiger partial charge on any atom is -0.253 e. The Balaban J connectivity index is 3.42. The van der Waals surface area contributed by atoms with Gasteiger partial charge >= 0.3 is 0 Å². The Morgan fingerprint density at radius 2 is 2.12 bits per heavy atom. The standard InChI is InChI=1S/C5H13NOS/c1-3-4-5-8(2,6)7/h6H,3-5H2,1-2H3. The van der Waals surface area contributed by atoms with Crippen LogP contribution in [0.25, 0.3) is 0 Å². The summed E-state index contributed by atoms with van der Waals surface area (Å²) >= 11 is 0. The van der Waals surface area contributed by atoms with Crippen molar-refractivity contribution < 1.29 is 4.21 Å². The normalized spacial score (nSPS) is 17.8.